The van der Waals surface area contributed by atoms with Gasteiger partial charge in [-0.2, -0.15) is 0 Å². The second-order valence-electron chi connectivity index (χ2n) is 8.12. The van der Waals surface area contributed by atoms with Gasteiger partial charge in [0.1, 0.15) is 5.01 Å². The minimum Gasteiger partial charge on any atom is -0.351 e. The first-order valence-electron chi connectivity index (χ1n) is 11.0. The summed E-state index contributed by atoms with van der Waals surface area (Å²) in [6.07, 6.45) is 8.18. The van der Waals surface area contributed by atoms with Gasteiger partial charge in [-0.25, -0.2) is 15.0 Å². The lowest BCUT2D eigenvalue weighted by Crippen LogP contribution is -2.23. The van der Waals surface area contributed by atoms with Crippen LogP contribution in [0.15, 0.2) is 66.9 Å². The molecule has 4 aromatic rings. The molecule has 0 spiro atoms. The van der Waals surface area contributed by atoms with Crippen LogP contribution in [-0.2, 0) is 0 Å². The molecule has 1 N–H and O–H groups in total. The summed E-state index contributed by atoms with van der Waals surface area (Å²) in [6, 6.07) is 21.6. The molecule has 2 aromatic carbocycles. The Morgan fingerprint density at radius 3 is 2.29 bits per heavy atom. The second kappa shape index (κ2) is 8.98. The maximum atomic E-state index is 4.84. The summed E-state index contributed by atoms with van der Waals surface area (Å²) in [5.74, 6) is 0.728. The van der Waals surface area contributed by atoms with Crippen molar-refractivity contribution in [3.63, 3.8) is 0 Å². The minimum atomic E-state index is 0.491. The van der Waals surface area contributed by atoms with Crippen LogP contribution in [0, 0.1) is 6.92 Å². The summed E-state index contributed by atoms with van der Waals surface area (Å²) < 4.78 is 0. The first kappa shape index (κ1) is 19.9. The molecule has 0 saturated heterocycles. The number of nitrogens with one attached hydrogen (secondary N) is 1. The van der Waals surface area contributed by atoms with Crippen LogP contribution in [0.2, 0.25) is 0 Å². The molecule has 0 atom stereocenters. The number of rotatable bonds is 5. The number of aryl methyl sites for hydroxylation is 1. The topological polar surface area (TPSA) is 50.7 Å². The van der Waals surface area contributed by atoms with E-state index in [0.29, 0.717) is 6.04 Å². The van der Waals surface area contributed by atoms with Gasteiger partial charge in [0, 0.05) is 17.8 Å². The van der Waals surface area contributed by atoms with Crippen LogP contribution in [-0.4, -0.2) is 21.0 Å². The van der Waals surface area contributed by atoms with E-state index < -0.39 is 0 Å². The Morgan fingerprint density at radius 1 is 0.806 bits per heavy atom. The monoisotopic (exact) mass is 426 g/mol. The maximum absolute atomic E-state index is 4.84. The minimum absolute atomic E-state index is 0.491. The molecule has 1 aliphatic rings. The Bertz CT molecular complexity index is 1150. The first-order chi connectivity index (χ1) is 15.3. The van der Waals surface area contributed by atoms with Crippen molar-refractivity contribution in [3.05, 3.63) is 72.6 Å². The smallest absolute Gasteiger partial charge is 0.223 e. The lowest BCUT2D eigenvalue weighted by atomic mass is 9.96. The SMILES string of the molecule is Cc1nc(-c2ccc(-c3ccccc3)cc2)sc1-c1ccnc(NC2CCCCC2)n1. The Hall–Kier alpha value is -3.05. The standard InChI is InChI=1S/C26H26N4S/c1-18-24(23-16-17-27-26(30-23)29-22-10-6-3-7-11-22)31-25(28-18)21-14-12-20(13-15-21)19-8-4-2-5-9-19/h2,4-5,8-9,12-17,22H,3,6-7,10-11H2,1H3,(H,27,29,30). The molecule has 31 heavy (non-hydrogen) atoms. The number of anilines is 1. The molecule has 2 heterocycles. The molecule has 1 fully saturated rings. The van der Waals surface area contributed by atoms with E-state index in [1.165, 1.54) is 43.2 Å². The molecular weight excluding hydrogens is 400 g/mol. The van der Waals surface area contributed by atoms with E-state index in [1.54, 1.807) is 11.3 Å². The van der Waals surface area contributed by atoms with Gasteiger partial charge in [-0.3, -0.25) is 0 Å². The van der Waals surface area contributed by atoms with Crippen molar-refractivity contribution in [2.24, 2.45) is 0 Å². The van der Waals surface area contributed by atoms with Crippen LogP contribution in [0.1, 0.15) is 37.8 Å². The van der Waals surface area contributed by atoms with Crippen molar-refractivity contribution in [1.82, 2.24) is 15.0 Å². The van der Waals surface area contributed by atoms with Gasteiger partial charge in [0.2, 0.25) is 5.95 Å². The fourth-order valence-electron chi connectivity index (χ4n) is 4.18. The van der Waals surface area contributed by atoms with Crippen molar-refractivity contribution in [2.75, 3.05) is 5.32 Å². The van der Waals surface area contributed by atoms with Crippen molar-refractivity contribution in [1.29, 1.82) is 0 Å². The summed E-state index contributed by atoms with van der Waals surface area (Å²) in [4.78, 5) is 15.2. The normalized spacial score (nSPS) is 14.5. The lowest BCUT2D eigenvalue weighted by molar-refractivity contribution is 0.461. The number of hydrogen-bond acceptors (Lipinski definition) is 5. The van der Waals surface area contributed by atoms with E-state index in [4.69, 9.17) is 9.97 Å². The van der Waals surface area contributed by atoms with Crippen LogP contribution in [0.4, 0.5) is 5.95 Å². The number of nitrogens with zero attached hydrogens (tertiary/aromatic N) is 3. The summed E-state index contributed by atoms with van der Waals surface area (Å²) in [5.41, 5.74) is 5.52. The fourth-order valence-corrected chi connectivity index (χ4v) is 5.22. The highest BCUT2D eigenvalue weighted by molar-refractivity contribution is 7.18. The van der Waals surface area contributed by atoms with Gasteiger partial charge < -0.3 is 5.32 Å². The van der Waals surface area contributed by atoms with Gasteiger partial charge >= 0.3 is 0 Å². The van der Waals surface area contributed by atoms with Gasteiger partial charge in [0.05, 0.1) is 16.3 Å². The zero-order chi connectivity index (χ0) is 21.0. The van der Waals surface area contributed by atoms with Crippen molar-refractivity contribution in [3.8, 4) is 32.3 Å². The Morgan fingerprint density at radius 2 is 1.52 bits per heavy atom. The van der Waals surface area contributed by atoms with E-state index in [-0.39, 0.29) is 0 Å². The third kappa shape index (κ3) is 4.52. The molecule has 0 aliphatic heterocycles. The van der Waals surface area contributed by atoms with Crippen LogP contribution >= 0.6 is 11.3 Å². The summed E-state index contributed by atoms with van der Waals surface area (Å²) >= 11 is 1.69. The molecule has 1 aliphatic carbocycles. The number of hydrogen-bond donors (Lipinski definition) is 1. The lowest BCUT2D eigenvalue weighted by Gasteiger charge is -2.22. The highest BCUT2D eigenvalue weighted by Gasteiger charge is 2.16. The zero-order valence-electron chi connectivity index (χ0n) is 17.7. The molecule has 0 bridgehead atoms. The van der Waals surface area contributed by atoms with Gasteiger partial charge in [-0.1, -0.05) is 73.9 Å². The third-order valence-corrected chi connectivity index (χ3v) is 7.09. The van der Waals surface area contributed by atoms with E-state index in [1.807, 2.05) is 18.3 Å². The second-order valence-corrected chi connectivity index (χ2v) is 9.12. The molecule has 0 amide bonds. The summed E-state index contributed by atoms with van der Waals surface area (Å²) in [7, 11) is 0. The Kier molecular flexibility index (Phi) is 5.76. The van der Waals surface area contributed by atoms with Gasteiger partial charge in [-0.05, 0) is 37.0 Å². The molecule has 5 rings (SSSR count). The number of benzene rings is 2. The van der Waals surface area contributed by atoms with E-state index >= 15 is 0 Å². The third-order valence-electron chi connectivity index (χ3n) is 5.86. The molecule has 156 valence electrons. The van der Waals surface area contributed by atoms with Crippen molar-refractivity contribution < 1.29 is 0 Å². The Balaban J connectivity index is 1.38. The van der Waals surface area contributed by atoms with Crippen LogP contribution in [0.5, 0.6) is 0 Å². The van der Waals surface area contributed by atoms with Gasteiger partial charge in [0.15, 0.2) is 0 Å². The average Bonchev–Trinajstić information content (AvgIpc) is 3.22. The van der Waals surface area contributed by atoms with Crippen LogP contribution in [0.25, 0.3) is 32.3 Å². The highest BCUT2D eigenvalue weighted by Crippen LogP contribution is 2.35. The largest absolute Gasteiger partial charge is 0.351 e. The fraction of sp³-hybridized carbons (Fsp3) is 0.269. The maximum Gasteiger partial charge on any atom is 0.223 e. The highest BCUT2D eigenvalue weighted by atomic mass is 32.1. The zero-order valence-corrected chi connectivity index (χ0v) is 18.5. The van der Waals surface area contributed by atoms with Crippen molar-refractivity contribution in [2.45, 2.75) is 45.1 Å². The van der Waals surface area contributed by atoms with Gasteiger partial charge in [-0.15, -0.1) is 11.3 Å². The van der Waals surface area contributed by atoms with E-state index in [9.17, 15) is 0 Å². The average molecular weight is 427 g/mol. The van der Waals surface area contributed by atoms with E-state index in [0.717, 1.165) is 32.8 Å². The molecular formula is C26H26N4S. The quantitative estimate of drug-likeness (QED) is 0.374. The van der Waals surface area contributed by atoms with Crippen LogP contribution in [0.3, 0.4) is 0 Å². The predicted octanol–water partition coefficient (Wildman–Crippen LogP) is 6.99. The molecule has 0 radical (unpaired) electrons. The molecule has 1 saturated carbocycles. The first-order valence-corrected chi connectivity index (χ1v) is 11.8. The number of aromatic nitrogens is 3. The predicted molar refractivity (Wildman–Crippen MR) is 129 cm³/mol. The summed E-state index contributed by atoms with van der Waals surface area (Å²) in [5, 5.41) is 4.55. The molecule has 5 heteroatoms. The molecule has 4 nitrogen and oxygen atoms in total. The van der Waals surface area contributed by atoms with Gasteiger partial charge in [0.25, 0.3) is 0 Å². The number of thiazole rings is 1. The Labute approximate surface area is 187 Å². The van der Waals surface area contributed by atoms with Crippen LogP contribution < -0.4 is 5.32 Å². The summed E-state index contributed by atoms with van der Waals surface area (Å²) in [6.45, 7) is 2.06. The molecule has 2 aromatic heterocycles. The van der Waals surface area contributed by atoms with Crippen molar-refractivity contribution >= 4 is 17.3 Å². The van der Waals surface area contributed by atoms with E-state index in [2.05, 4.69) is 65.8 Å². The molecule has 0 unspecified atom stereocenters.